The maximum Gasteiger partial charge on any atom is 0.358 e. The quantitative estimate of drug-likeness (QED) is 0.869. The van der Waals surface area contributed by atoms with Gasteiger partial charge in [0, 0.05) is 12.0 Å². The summed E-state index contributed by atoms with van der Waals surface area (Å²) in [5.41, 5.74) is 0.935. The fourth-order valence-electron chi connectivity index (χ4n) is 2.78. The van der Waals surface area contributed by atoms with Gasteiger partial charge in [-0.1, -0.05) is 66.7 Å². The number of carboxylic acid groups (broad SMARTS) is 1. The van der Waals surface area contributed by atoms with E-state index in [9.17, 15) is 4.79 Å². The summed E-state index contributed by atoms with van der Waals surface area (Å²) in [6.45, 7) is 2.51. The third-order valence-electron chi connectivity index (χ3n) is 4.12. The first-order valence-electron chi connectivity index (χ1n) is 7.85. The number of ether oxygens (including phenoxy) is 1. The van der Waals surface area contributed by atoms with Crippen LogP contribution in [-0.2, 0) is 11.3 Å². The smallest absolute Gasteiger partial charge is 0.358 e. The number of carbonyl (C=O) groups is 1. The second kappa shape index (κ2) is 7.27. The molecule has 1 heterocycles. The van der Waals surface area contributed by atoms with Crippen LogP contribution in [0, 0.1) is 11.8 Å². The molecule has 3 unspecified atom stereocenters. The molecule has 3 rings (SSSR count). The SMILES string of the molecule is CC1C=CC=CC1C(OCc1ccccc1)c1cc(C(=O)O)no1. The number of nitrogens with zero attached hydrogens (tertiary/aromatic N) is 1. The van der Waals surface area contributed by atoms with Gasteiger partial charge in [0.15, 0.2) is 11.5 Å². The van der Waals surface area contributed by atoms with E-state index < -0.39 is 12.1 Å². The van der Waals surface area contributed by atoms with E-state index in [4.69, 9.17) is 14.4 Å². The molecule has 0 aliphatic heterocycles. The summed E-state index contributed by atoms with van der Waals surface area (Å²) in [6.07, 6.45) is 7.72. The van der Waals surface area contributed by atoms with Crippen molar-refractivity contribution < 1.29 is 19.2 Å². The predicted molar refractivity (Wildman–Crippen MR) is 88.4 cm³/mol. The molecule has 1 aliphatic carbocycles. The number of aromatic nitrogens is 1. The Morgan fingerprint density at radius 2 is 2.04 bits per heavy atom. The molecule has 0 spiro atoms. The van der Waals surface area contributed by atoms with Crippen LogP contribution >= 0.6 is 0 Å². The minimum atomic E-state index is -1.11. The monoisotopic (exact) mass is 325 g/mol. The molecule has 3 atom stereocenters. The zero-order chi connectivity index (χ0) is 16.9. The Morgan fingerprint density at radius 3 is 2.71 bits per heavy atom. The Hall–Kier alpha value is -2.66. The Labute approximate surface area is 140 Å². The van der Waals surface area contributed by atoms with E-state index in [0.29, 0.717) is 12.4 Å². The van der Waals surface area contributed by atoms with E-state index >= 15 is 0 Å². The van der Waals surface area contributed by atoms with Crippen LogP contribution < -0.4 is 0 Å². The zero-order valence-corrected chi connectivity index (χ0v) is 13.3. The van der Waals surface area contributed by atoms with Crippen LogP contribution in [-0.4, -0.2) is 16.2 Å². The molecule has 0 saturated carbocycles. The third kappa shape index (κ3) is 3.63. The molecule has 1 aliphatic rings. The molecule has 24 heavy (non-hydrogen) atoms. The largest absolute Gasteiger partial charge is 0.476 e. The van der Waals surface area contributed by atoms with Crippen molar-refractivity contribution in [2.24, 2.45) is 11.8 Å². The Bertz CT molecular complexity index is 748. The van der Waals surface area contributed by atoms with Crippen LogP contribution in [0.4, 0.5) is 0 Å². The van der Waals surface area contributed by atoms with Gasteiger partial charge in [0.1, 0.15) is 6.10 Å². The van der Waals surface area contributed by atoms with Crippen molar-refractivity contribution in [3.05, 3.63) is 77.7 Å². The van der Waals surface area contributed by atoms with Gasteiger partial charge >= 0.3 is 5.97 Å². The highest BCUT2D eigenvalue weighted by Crippen LogP contribution is 2.36. The second-order valence-corrected chi connectivity index (χ2v) is 5.84. The van der Waals surface area contributed by atoms with Crippen LogP contribution in [0.15, 0.2) is 65.2 Å². The van der Waals surface area contributed by atoms with Gasteiger partial charge < -0.3 is 14.4 Å². The van der Waals surface area contributed by atoms with Crippen molar-refractivity contribution in [3.8, 4) is 0 Å². The van der Waals surface area contributed by atoms with E-state index in [1.165, 1.54) is 6.07 Å². The molecule has 0 radical (unpaired) electrons. The summed E-state index contributed by atoms with van der Waals surface area (Å²) in [6, 6.07) is 11.3. The lowest BCUT2D eigenvalue weighted by Gasteiger charge is -2.28. The number of carboxylic acids is 1. The summed E-state index contributed by atoms with van der Waals surface area (Å²) < 4.78 is 11.4. The molecule has 1 aromatic heterocycles. The molecule has 5 heteroatoms. The van der Waals surface area contributed by atoms with Gasteiger partial charge in [0.05, 0.1) is 6.61 Å². The lowest BCUT2D eigenvalue weighted by Crippen LogP contribution is -2.21. The lowest BCUT2D eigenvalue weighted by atomic mass is 9.84. The Balaban J connectivity index is 1.83. The average molecular weight is 325 g/mol. The summed E-state index contributed by atoms with van der Waals surface area (Å²) in [4.78, 5) is 11.1. The van der Waals surface area contributed by atoms with Crippen LogP contribution in [0.1, 0.15) is 34.8 Å². The predicted octanol–water partition coefficient (Wildman–Crippen LogP) is 4.01. The van der Waals surface area contributed by atoms with Gasteiger partial charge in [0.2, 0.25) is 0 Å². The molecular weight excluding hydrogens is 306 g/mol. The van der Waals surface area contributed by atoms with E-state index in [1.54, 1.807) is 0 Å². The van der Waals surface area contributed by atoms with Crippen LogP contribution in [0.3, 0.4) is 0 Å². The van der Waals surface area contributed by atoms with E-state index in [2.05, 4.69) is 24.2 Å². The van der Waals surface area contributed by atoms with Gasteiger partial charge in [-0.15, -0.1) is 0 Å². The molecule has 1 aromatic carbocycles. The van der Waals surface area contributed by atoms with E-state index in [1.807, 2.05) is 42.5 Å². The number of allylic oxidation sites excluding steroid dienone is 3. The zero-order valence-electron chi connectivity index (χ0n) is 13.3. The van der Waals surface area contributed by atoms with Crippen LogP contribution in [0.25, 0.3) is 0 Å². The van der Waals surface area contributed by atoms with E-state index in [-0.39, 0.29) is 17.5 Å². The second-order valence-electron chi connectivity index (χ2n) is 5.84. The van der Waals surface area contributed by atoms with Gasteiger partial charge in [-0.25, -0.2) is 4.79 Å². The Kier molecular flexibility index (Phi) is 4.91. The maximum absolute atomic E-state index is 11.1. The van der Waals surface area contributed by atoms with Crippen LogP contribution in [0.5, 0.6) is 0 Å². The number of aromatic carboxylic acids is 1. The number of hydrogen-bond acceptors (Lipinski definition) is 4. The standard InChI is InChI=1S/C19H19NO4/c1-13-7-5-6-10-15(13)18(17-11-16(19(21)22)20-24-17)23-12-14-8-3-2-4-9-14/h2-11,13,15,18H,12H2,1H3,(H,21,22). The number of hydrogen-bond donors (Lipinski definition) is 1. The molecule has 0 bridgehead atoms. The highest BCUT2D eigenvalue weighted by Gasteiger charge is 2.31. The minimum absolute atomic E-state index is 0.0494. The van der Waals surface area contributed by atoms with Crippen molar-refractivity contribution in [1.82, 2.24) is 5.16 Å². The summed E-state index contributed by atoms with van der Waals surface area (Å²) >= 11 is 0. The molecule has 0 fully saturated rings. The minimum Gasteiger partial charge on any atom is -0.476 e. The molecule has 5 nitrogen and oxygen atoms in total. The normalized spacial score (nSPS) is 20.9. The summed E-state index contributed by atoms with van der Waals surface area (Å²) in [5.74, 6) is -0.387. The highest BCUT2D eigenvalue weighted by molar-refractivity contribution is 5.85. The van der Waals surface area contributed by atoms with Gasteiger partial charge in [-0.3, -0.25) is 0 Å². The summed E-state index contributed by atoms with van der Waals surface area (Å²) in [5, 5.41) is 12.7. The van der Waals surface area contributed by atoms with Crippen molar-refractivity contribution in [1.29, 1.82) is 0 Å². The third-order valence-corrected chi connectivity index (χ3v) is 4.12. The molecule has 124 valence electrons. The fraction of sp³-hybridized carbons (Fsp3) is 0.263. The first-order valence-corrected chi connectivity index (χ1v) is 7.85. The molecular formula is C19H19NO4. The lowest BCUT2D eigenvalue weighted by molar-refractivity contribution is -0.0140. The van der Waals surface area contributed by atoms with E-state index in [0.717, 1.165) is 5.56 Å². The van der Waals surface area contributed by atoms with Crippen molar-refractivity contribution in [3.63, 3.8) is 0 Å². The number of rotatable bonds is 6. The van der Waals surface area contributed by atoms with Crippen LogP contribution in [0.2, 0.25) is 0 Å². The van der Waals surface area contributed by atoms with Crippen molar-refractivity contribution in [2.45, 2.75) is 19.6 Å². The first kappa shape index (κ1) is 16.2. The number of benzene rings is 1. The molecule has 1 N–H and O–H groups in total. The van der Waals surface area contributed by atoms with Gasteiger partial charge in [0.25, 0.3) is 0 Å². The molecule has 0 saturated heterocycles. The first-order chi connectivity index (χ1) is 11.6. The highest BCUT2D eigenvalue weighted by atomic mass is 16.5. The topological polar surface area (TPSA) is 72.6 Å². The average Bonchev–Trinajstić information content (AvgIpc) is 3.08. The molecule has 0 amide bonds. The Morgan fingerprint density at radius 1 is 1.29 bits per heavy atom. The summed E-state index contributed by atoms with van der Waals surface area (Å²) in [7, 11) is 0. The van der Waals surface area contributed by atoms with Crippen molar-refractivity contribution >= 4 is 5.97 Å². The fourth-order valence-corrected chi connectivity index (χ4v) is 2.78. The maximum atomic E-state index is 11.1. The van der Waals surface area contributed by atoms with Gasteiger partial charge in [-0.05, 0) is 11.5 Å². The molecule has 2 aromatic rings. The van der Waals surface area contributed by atoms with Crippen molar-refractivity contribution in [2.75, 3.05) is 0 Å². The van der Waals surface area contributed by atoms with Gasteiger partial charge in [-0.2, -0.15) is 0 Å².